The van der Waals surface area contributed by atoms with E-state index in [0.717, 1.165) is 103 Å². The maximum absolute atomic E-state index is 12.8. The smallest absolute Gasteiger partial charge is 0.306 e. The van der Waals surface area contributed by atoms with Crippen molar-refractivity contribution in [3.05, 3.63) is 109 Å². The van der Waals surface area contributed by atoms with Crippen molar-refractivity contribution in [2.24, 2.45) is 0 Å². The number of unbranched alkanes of at least 4 members (excludes halogenated alkanes) is 14. The quantitative estimate of drug-likeness (QED) is 0.0195. The molecule has 0 aliphatic rings. The summed E-state index contributed by atoms with van der Waals surface area (Å²) >= 11 is 0. The Kier molecular flexibility index (Phi) is 46.4. The van der Waals surface area contributed by atoms with Crippen molar-refractivity contribution in [2.75, 3.05) is 47.5 Å². The Bertz CT molecular complexity index is 1480. The lowest BCUT2D eigenvalue weighted by molar-refractivity contribution is -0.870. The minimum atomic E-state index is -1.63. The summed E-state index contributed by atoms with van der Waals surface area (Å²) in [4.78, 5) is 36.9. The fourth-order valence-electron chi connectivity index (χ4n) is 6.70. The Morgan fingerprint density at radius 1 is 0.456 bits per heavy atom. The maximum Gasteiger partial charge on any atom is 0.306 e. The molecule has 2 unspecified atom stereocenters. The third kappa shape index (κ3) is 49.8. The van der Waals surface area contributed by atoms with Crippen LogP contribution in [-0.4, -0.2) is 82.3 Å². The predicted molar refractivity (Wildman–Crippen MR) is 283 cm³/mol. The van der Waals surface area contributed by atoms with Crippen LogP contribution < -0.4 is 5.11 Å². The number of quaternary nitrogens is 1. The molecule has 0 aromatic heterocycles. The summed E-state index contributed by atoms with van der Waals surface area (Å²) in [5.74, 6) is -2.32. The molecule has 0 fully saturated rings. The summed E-state index contributed by atoms with van der Waals surface area (Å²) < 4.78 is 22.5. The highest BCUT2D eigenvalue weighted by atomic mass is 16.7. The van der Waals surface area contributed by atoms with Gasteiger partial charge in [-0.25, -0.2) is 0 Å². The molecule has 0 aliphatic carbocycles. The molecular formula is C59H97NO8. The molecule has 0 aliphatic heterocycles. The summed E-state index contributed by atoms with van der Waals surface area (Å²) in [6, 6.07) is 0. The number of hydrogen-bond donors (Lipinski definition) is 0. The molecule has 2 atom stereocenters. The Morgan fingerprint density at radius 3 is 1.25 bits per heavy atom. The van der Waals surface area contributed by atoms with Crippen molar-refractivity contribution in [3.63, 3.8) is 0 Å². The van der Waals surface area contributed by atoms with Crippen LogP contribution in [0.25, 0.3) is 0 Å². The van der Waals surface area contributed by atoms with Gasteiger partial charge in [-0.2, -0.15) is 0 Å². The van der Waals surface area contributed by atoms with Crippen molar-refractivity contribution in [1.82, 2.24) is 0 Å². The van der Waals surface area contributed by atoms with Gasteiger partial charge in [-0.05, 0) is 83.5 Å². The van der Waals surface area contributed by atoms with E-state index in [9.17, 15) is 19.5 Å². The zero-order chi connectivity index (χ0) is 49.9. The first kappa shape index (κ1) is 64.0. The summed E-state index contributed by atoms with van der Waals surface area (Å²) in [5.41, 5.74) is 0. The fraction of sp³-hybridized carbons (Fsp3) is 0.644. The van der Waals surface area contributed by atoms with Gasteiger partial charge in [-0.3, -0.25) is 9.59 Å². The second-order valence-corrected chi connectivity index (χ2v) is 18.4. The zero-order valence-electron chi connectivity index (χ0n) is 43.7. The minimum Gasteiger partial charge on any atom is -0.545 e. The van der Waals surface area contributed by atoms with Crippen molar-refractivity contribution in [3.8, 4) is 0 Å². The first-order chi connectivity index (χ1) is 33.1. The van der Waals surface area contributed by atoms with Gasteiger partial charge in [0.25, 0.3) is 0 Å². The minimum absolute atomic E-state index is 0.141. The molecule has 9 nitrogen and oxygen atoms in total. The second-order valence-electron chi connectivity index (χ2n) is 18.4. The number of carbonyl (C=O) groups is 3. The maximum atomic E-state index is 12.8. The van der Waals surface area contributed by atoms with Crippen LogP contribution in [-0.2, 0) is 33.3 Å². The third-order valence-corrected chi connectivity index (χ3v) is 10.8. The lowest BCUT2D eigenvalue weighted by Gasteiger charge is -2.26. The average Bonchev–Trinajstić information content (AvgIpc) is 3.30. The number of carboxylic acids is 1. The fourth-order valence-corrected chi connectivity index (χ4v) is 6.70. The summed E-state index contributed by atoms with van der Waals surface area (Å²) in [6.07, 6.45) is 64.4. The number of carbonyl (C=O) groups excluding carboxylic acids is 3. The molecule has 386 valence electrons. The van der Waals surface area contributed by atoms with Crippen molar-refractivity contribution >= 4 is 17.9 Å². The molecule has 0 saturated heterocycles. The Hall–Kier alpha value is -4.05. The van der Waals surface area contributed by atoms with Gasteiger partial charge in [0.05, 0.1) is 40.3 Å². The van der Waals surface area contributed by atoms with Gasteiger partial charge in [0.15, 0.2) is 12.4 Å². The van der Waals surface area contributed by atoms with E-state index in [1.807, 2.05) is 21.1 Å². The van der Waals surface area contributed by atoms with Crippen LogP contribution in [0.2, 0.25) is 0 Å². The van der Waals surface area contributed by atoms with Crippen LogP contribution in [0.15, 0.2) is 109 Å². The van der Waals surface area contributed by atoms with Gasteiger partial charge in [-0.1, -0.05) is 200 Å². The normalized spacial score (nSPS) is 13.7. The Balaban J connectivity index is 4.17. The van der Waals surface area contributed by atoms with Crippen LogP contribution in [0.3, 0.4) is 0 Å². The zero-order valence-corrected chi connectivity index (χ0v) is 43.7. The molecule has 9 heteroatoms. The molecule has 0 heterocycles. The molecule has 0 radical (unpaired) electrons. The van der Waals surface area contributed by atoms with Crippen LogP contribution >= 0.6 is 0 Å². The molecule has 0 spiro atoms. The van der Waals surface area contributed by atoms with Gasteiger partial charge in [0.2, 0.25) is 0 Å². The molecular weight excluding hydrogens is 851 g/mol. The van der Waals surface area contributed by atoms with Gasteiger partial charge >= 0.3 is 11.9 Å². The van der Waals surface area contributed by atoms with Crippen LogP contribution in [0.4, 0.5) is 0 Å². The number of carboxylic acid groups (broad SMARTS) is 1. The Morgan fingerprint density at radius 2 is 0.838 bits per heavy atom. The van der Waals surface area contributed by atoms with Gasteiger partial charge < -0.3 is 33.3 Å². The summed E-state index contributed by atoms with van der Waals surface area (Å²) in [5, 5.41) is 11.7. The SMILES string of the molecule is CC/C=C\C/C=C\C/C=C\C/C=C\C/C=C\C/C=C\C/C=C\C/C=C\C/C=C\CCCCCCCCCC(=O)OC(COC(=O)CCCCCCCCCC)COC(OCC[N+](C)(C)C)C(=O)[O-]. The van der Waals surface area contributed by atoms with E-state index in [-0.39, 0.29) is 38.6 Å². The van der Waals surface area contributed by atoms with E-state index in [2.05, 4.69) is 123 Å². The van der Waals surface area contributed by atoms with E-state index in [1.54, 1.807) is 0 Å². The summed E-state index contributed by atoms with van der Waals surface area (Å²) in [7, 11) is 5.89. The third-order valence-electron chi connectivity index (χ3n) is 10.8. The highest BCUT2D eigenvalue weighted by Gasteiger charge is 2.21. The monoisotopic (exact) mass is 948 g/mol. The van der Waals surface area contributed by atoms with Gasteiger partial charge in [0.1, 0.15) is 13.2 Å². The lowest BCUT2D eigenvalue weighted by atomic mass is 10.1. The standard InChI is InChI=1S/C59H97NO8/c1-6-8-10-12-14-16-17-18-19-20-21-22-23-24-25-26-27-28-29-30-31-32-33-34-35-36-37-38-39-40-41-42-44-46-48-50-57(62)68-55(54-67-59(58(63)64)65-52-51-60(3,4)5)53-66-56(61)49-47-45-43-15-13-11-9-7-2/h8,10,14,16,18-19,21-22,24-25,27-28,30-31,33-34,36-37,55,59H,6-7,9,11-13,15,17,20,23,26,29,32,35,38-54H2,1-5H3/b10-8-,16-14-,19-18-,22-21-,25-24-,28-27-,31-30-,34-33-,37-36-. The number of esters is 2. The van der Waals surface area contributed by atoms with Crippen LogP contribution in [0, 0.1) is 0 Å². The summed E-state index contributed by atoms with van der Waals surface area (Å²) in [6.45, 7) is 4.55. The lowest BCUT2D eigenvalue weighted by Crippen LogP contribution is -2.44. The number of nitrogens with zero attached hydrogens (tertiary/aromatic N) is 1. The van der Waals surface area contributed by atoms with E-state index < -0.39 is 24.3 Å². The number of likely N-dealkylation sites (N-methyl/N-ethyl adjacent to an activating group) is 1. The number of ether oxygens (including phenoxy) is 4. The second kappa shape index (κ2) is 49.4. The van der Waals surface area contributed by atoms with E-state index >= 15 is 0 Å². The highest BCUT2D eigenvalue weighted by Crippen LogP contribution is 2.13. The first-order valence-corrected chi connectivity index (χ1v) is 26.5. The molecule has 0 bridgehead atoms. The molecule has 0 N–H and O–H groups in total. The van der Waals surface area contributed by atoms with Crippen LogP contribution in [0.1, 0.15) is 187 Å². The Labute approximate surface area is 415 Å². The largest absolute Gasteiger partial charge is 0.545 e. The van der Waals surface area contributed by atoms with Gasteiger partial charge in [0, 0.05) is 12.8 Å². The van der Waals surface area contributed by atoms with Crippen LogP contribution in [0.5, 0.6) is 0 Å². The highest BCUT2D eigenvalue weighted by molar-refractivity contribution is 5.70. The molecule has 0 aromatic rings. The van der Waals surface area contributed by atoms with E-state index in [1.165, 1.54) is 51.4 Å². The van der Waals surface area contributed by atoms with Crippen molar-refractivity contribution in [1.29, 1.82) is 0 Å². The molecule has 0 aromatic carbocycles. The van der Waals surface area contributed by atoms with Gasteiger partial charge in [-0.15, -0.1) is 0 Å². The van der Waals surface area contributed by atoms with Crippen molar-refractivity contribution in [2.45, 2.75) is 200 Å². The first-order valence-electron chi connectivity index (χ1n) is 26.5. The number of rotatable bonds is 47. The molecule has 0 saturated carbocycles. The molecule has 68 heavy (non-hydrogen) atoms. The predicted octanol–water partition coefficient (Wildman–Crippen LogP) is 13.8. The number of allylic oxidation sites excluding steroid dienone is 18. The number of hydrogen-bond acceptors (Lipinski definition) is 8. The van der Waals surface area contributed by atoms with E-state index in [4.69, 9.17) is 18.9 Å². The average molecular weight is 948 g/mol. The topological polar surface area (TPSA) is 111 Å². The van der Waals surface area contributed by atoms with E-state index in [0.29, 0.717) is 17.4 Å². The number of aliphatic carboxylic acids is 1. The molecule has 0 amide bonds. The molecule has 0 rings (SSSR count). The van der Waals surface area contributed by atoms with Crippen molar-refractivity contribution < 1.29 is 42.9 Å².